The van der Waals surface area contributed by atoms with Gasteiger partial charge in [-0.15, -0.1) is 0 Å². The number of pyridine rings is 1. The number of halogens is 1. The first-order valence-electron chi connectivity index (χ1n) is 10.7. The number of para-hydroxylation sites is 1. The molecule has 4 rings (SSSR count). The molecule has 0 spiro atoms. The third-order valence-electron chi connectivity index (χ3n) is 5.32. The molecule has 4 aromatic rings. The number of hydrogen-bond donors (Lipinski definition) is 1. The fraction of sp³-hybridized carbons (Fsp3) is 0.185. The maximum atomic E-state index is 13.1. The minimum Gasteiger partial charge on any atom is -0.352 e. The highest BCUT2D eigenvalue weighted by atomic mass is 35.5. The van der Waals surface area contributed by atoms with E-state index in [1.54, 1.807) is 11.8 Å². The Hall–Kier alpha value is -2.82. The van der Waals surface area contributed by atoms with Gasteiger partial charge in [0.15, 0.2) is 0 Å². The van der Waals surface area contributed by atoms with Crippen molar-refractivity contribution < 1.29 is 4.79 Å². The van der Waals surface area contributed by atoms with Crippen LogP contribution in [0.1, 0.15) is 41.3 Å². The molecular formula is C27H25ClN2OS. The number of rotatable bonds is 7. The van der Waals surface area contributed by atoms with E-state index in [4.69, 9.17) is 16.6 Å². The molecule has 0 bridgehead atoms. The number of amides is 1. The number of hydrogen-bond acceptors (Lipinski definition) is 3. The third-order valence-corrected chi connectivity index (χ3v) is 6.50. The molecule has 1 aromatic heterocycles. The fourth-order valence-electron chi connectivity index (χ4n) is 3.50. The normalized spacial score (nSPS) is 11.1. The molecular weight excluding hydrogens is 436 g/mol. The number of nitrogens with one attached hydrogen (secondary N) is 1. The topological polar surface area (TPSA) is 42.0 Å². The van der Waals surface area contributed by atoms with Crippen LogP contribution in [0.25, 0.3) is 10.9 Å². The van der Waals surface area contributed by atoms with Crippen molar-refractivity contribution in [2.45, 2.75) is 36.1 Å². The van der Waals surface area contributed by atoms with Crippen LogP contribution in [0.2, 0.25) is 5.02 Å². The van der Waals surface area contributed by atoms with Gasteiger partial charge in [-0.2, -0.15) is 0 Å². The molecule has 0 aliphatic carbocycles. The molecule has 0 aliphatic rings. The molecule has 1 N–H and O–H groups in total. The Balaban J connectivity index is 1.53. The monoisotopic (exact) mass is 460 g/mol. The number of benzene rings is 3. The van der Waals surface area contributed by atoms with Crippen molar-refractivity contribution in [2.75, 3.05) is 6.54 Å². The maximum Gasteiger partial charge on any atom is 0.252 e. The van der Waals surface area contributed by atoms with Crippen LogP contribution in [0, 0.1) is 0 Å². The molecule has 5 heteroatoms. The van der Waals surface area contributed by atoms with Crippen LogP contribution >= 0.6 is 23.4 Å². The van der Waals surface area contributed by atoms with Gasteiger partial charge in [-0.3, -0.25) is 4.79 Å². The van der Waals surface area contributed by atoms with Gasteiger partial charge in [0.05, 0.1) is 11.1 Å². The van der Waals surface area contributed by atoms with Crippen LogP contribution in [0.15, 0.2) is 88.8 Å². The minimum absolute atomic E-state index is 0.0884. The van der Waals surface area contributed by atoms with Gasteiger partial charge in [0.1, 0.15) is 5.03 Å². The predicted octanol–water partition coefficient (Wildman–Crippen LogP) is 7.14. The van der Waals surface area contributed by atoms with Gasteiger partial charge in [-0.1, -0.05) is 79.7 Å². The maximum absolute atomic E-state index is 13.1. The van der Waals surface area contributed by atoms with Crippen molar-refractivity contribution in [3.05, 3.63) is 101 Å². The average molecular weight is 461 g/mol. The molecule has 162 valence electrons. The average Bonchev–Trinajstić information content (AvgIpc) is 2.80. The van der Waals surface area contributed by atoms with Gasteiger partial charge in [0.2, 0.25) is 0 Å². The lowest BCUT2D eigenvalue weighted by molar-refractivity contribution is 0.0955. The number of carbonyl (C=O) groups is 1. The van der Waals surface area contributed by atoms with Crippen LogP contribution in [0.5, 0.6) is 0 Å². The number of aromatic nitrogens is 1. The Bertz CT molecular complexity index is 1220. The van der Waals surface area contributed by atoms with Crippen molar-refractivity contribution in [1.82, 2.24) is 10.3 Å². The van der Waals surface area contributed by atoms with E-state index in [1.165, 1.54) is 5.56 Å². The van der Waals surface area contributed by atoms with Crippen LogP contribution in [-0.4, -0.2) is 17.4 Å². The summed E-state index contributed by atoms with van der Waals surface area (Å²) in [6, 6.07) is 25.9. The highest BCUT2D eigenvalue weighted by Crippen LogP contribution is 2.30. The molecule has 0 radical (unpaired) electrons. The zero-order valence-corrected chi connectivity index (χ0v) is 19.7. The molecule has 32 heavy (non-hydrogen) atoms. The van der Waals surface area contributed by atoms with Gasteiger partial charge in [0, 0.05) is 21.8 Å². The van der Waals surface area contributed by atoms with Gasteiger partial charge in [-0.05, 0) is 59.9 Å². The summed E-state index contributed by atoms with van der Waals surface area (Å²) < 4.78 is 0. The van der Waals surface area contributed by atoms with E-state index in [0.29, 0.717) is 23.0 Å². The van der Waals surface area contributed by atoms with Crippen LogP contribution in [-0.2, 0) is 6.42 Å². The Morgan fingerprint density at radius 1 is 1.00 bits per heavy atom. The number of nitrogens with zero attached hydrogens (tertiary/aromatic N) is 1. The Kier molecular flexibility index (Phi) is 7.13. The lowest BCUT2D eigenvalue weighted by Gasteiger charge is -2.11. The predicted molar refractivity (Wildman–Crippen MR) is 134 cm³/mol. The Morgan fingerprint density at radius 2 is 1.72 bits per heavy atom. The summed E-state index contributed by atoms with van der Waals surface area (Å²) in [6.45, 7) is 4.92. The number of carbonyl (C=O) groups excluding carboxylic acids is 1. The summed E-state index contributed by atoms with van der Waals surface area (Å²) in [4.78, 5) is 18.9. The van der Waals surface area contributed by atoms with E-state index in [0.717, 1.165) is 32.8 Å². The molecule has 3 aromatic carbocycles. The van der Waals surface area contributed by atoms with E-state index < -0.39 is 0 Å². The quantitative estimate of drug-likeness (QED) is 0.318. The molecule has 0 fully saturated rings. The third kappa shape index (κ3) is 5.50. The second kappa shape index (κ2) is 10.2. The highest BCUT2D eigenvalue weighted by molar-refractivity contribution is 7.99. The molecule has 0 unspecified atom stereocenters. The van der Waals surface area contributed by atoms with E-state index in [9.17, 15) is 4.79 Å². The number of fused-ring (bicyclic) bond motifs is 1. The summed E-state index contributed by atoms with van der Waals surface area (Å²) in [5.41, 5.74) is 3.91. The van der Waals surface area contributed by atoms with E-state index >= 15 is 0 Å². The summed E-state index contributed by atoms with van der Waals surface area (Å²) in [7, 11) is 0. The largest absolute Gasteiger partial charge is 0.352 e. The first kappa shape index (κ1) is 22.4. The lowest BCUT2D eigenvalue weighted by Crippen LogP contribution is -2.26. The zero-order chi connectivity index (χ0) is 22.5. The molecule has 0 saturated carbocycles. The molecule has 1 amide bonds. The second-order valence-corrected chi connectivity index (χ2v) is 9.51. The van der Waals surface area contributed by atoms with E-state index in [2.05, 4.69) is 43.4 Å². The van der Waals surface area contributed by atoms with Crippen LogP contribution in [0.3, 0.4) is 0 Å². The fourth-order valence-corrected chi connectivity index (χ4v) is 4.46. The van der Waals surface area contributed by atoms with Crippen LogP contribution < -0.4 is 5.32 Å². The first-order chi connectivity index (χ1) is 15.5. The van der Waals surface area contributed by atoms with E-state index in [-0.39, 0.29) is 5.91 Å². The molecule has 0 saturated heterocycles. The summed E-state index contributed by atoms with van der Waals surface area (Å²) in [5, 5.41) is 5.44. The van der Waals surface area contributed by atoms with Crippen molar-refractivity contribution in [3.8, 4) is 0 Å². The summed E-state index contributed by atoms with van der Waals surface area (Å²) in [6.07, 6.45) is 0.746. The molecule has 1 heterocycles. The summed E-state index contributed by atoms with van der Waals surface area (Å²) in [5.74, 6) is 0.408. The lowest BCUT2D eigenvalue weighted by atomic mass is 10.0. The molecule has 3 nitrogen and oxygen atoms in total. The van der Waals surface area contributed by atoms with Crippen LogP contribution in [0.4, 0.5) is 0 Å². The van der Waals surface area contributed by atoms with Crippen molar-refractivity contribution in [2.24, 2.45) is 0 Å². The minimum atomic E-state index is -0.0884. The first-order valence-corrected chi connectivity index (χ1v) is 11.9. The second-order valence-electron chi connectivity index (χ2n) is 7.98. The van der Waals surface area contributed by atoms with Crippen molar-refractivity contribution >= 4 is 40.2 Å². The van der Waals surface area contributed by atoms with Gasteiger partial charge in [-0.25, -0.2) is 4.98 Å². The smallest absolute Gasteiger partial charge is 0.252 e. The van der Waals surface area contributed by atoms with Gasteiger partial charge < -0.3 is 5.32 Å². The Morgan fingerprint density at radius 3 is 2.44 bits per heavy atom. The zero-order valence-electron chi connectivity index (χ0n) is 18.1. The van der Waals surface area contributed by atoms with Gasteiger partial charge in [0.25, 0.3) is 5.91 Å². The molecule has 0 atom stereocenters. The summed E-state index contributed by atoms with van der Waals surface area (Å²) >= 11 is 7.52. The van der Waals surface area contributed by atoms with Crippen molar-refractivity contribution in [3.63, 3.8) is 0 Å². The molecule has 0 aliphatic heterocycles. The van der Waals surface area contributed by atoms with E-state index in [1.807, 2.05) is 54.6 Å². The standard InChI is InChI=1S/C27H25ClN2OS/c1-18(2)20-9-13-22(14-10-20)32-26-17-24(23-5-3-4-6-25(23)30-26)27(31)29-16-15-19-7-11-21(28)12-8-19/h3-14,17-18H,15-16H2,1-2H3,(H,29,31). The SMILES string of the molecule is CC(C)c1ccc(Sc2cc(C(=O)NCCc3ccc(Cl)cc3)c3ccccc3n2)cc1. The van der Waals surface area contributed by atoms with Crippen molar-refractivity contribution in [1.29, 1.82) is 0 Å². The highest BCUT2D eigenvalue weighted by Gasteiger charge is 2.14. The Labute approximate surface area is 198 Å². The van der Waals surface area contributed by atoms with Gasteiger partial charge >= 0.3 is 0 Å².